The maximum Gasteiger partial charge on any atom is 0.0927 e. The monoisotopic (exact) mass is 206 g/mol. The number of halogens is 1. The molecule has 1 aliphatic rings. The molecule has 0 atom stereocenters. The maximum atomic E-state index is 6.21. The summed E-state index contributed by atoms with van der Waals surface area (Å²) < 4.78 is 1.85. The Bertz CT molecular complexity index is 497. The molecule has 1 saturated carbocycles. The molecule has 1 aromatic carbocycles. The Kier molecular flexibility index (Phi) is 1.62. The largest absolute Gasteiger partial charge is 0.275 e. The van der Waals surface area contributed by atoms with E-state index in [0.717, 1.165) is 10.5 Å². The molecule has 3 rings (SSSR count). The summed E-state index contributed by atoms with van der Waals surface area (Å²) in [5.74, 6) is 0.676. The molecule has 0 N–H and O–H groups in total. The van der Waals surface area contributed by atoms with Gasteiger partial charge < -0.3 is 0 Å². The Hall–Kier alpha value is -1.02. The van der Waals surface area contributed by atoms with Crippen molar-refractivity contribution in [3.05, 3.63) is 28.9 Å². The molecule has 0 saturated heterocycles. The standard InChI is InChI=1S/C11H11ClN2/c1-14-6-8-10(13-14)5-4-9(12)11(8)7-2-3-7/h4-7H,2-3H2,1H3. The SMILES string of the molecule is Cn1cc2c(C3CC3)c(Cl)ccc2n1. The van der Waals surface area contributed by atoms with Crippen LogP contribution in [0.25, 0.3) is 10.9 Å². The van der Waals surface area contributed by atoms with E-state index in [1.807, 2.05) is 23.9 Å². The van der Waals surface area contributed by atoms with Crippen LogP contribution < -0.4 is 0 Å². The fourth-order valence-corrected chi connectivity index (χ4v) is 2.31. The van der Waals surface area contributed by atoms with Crippen LogP contribution in [0.4, 0.5) is 0 Å². The van der Waals surface area contributed by atoms with Crippen LogP contribution in [0, 0.1) is 0 Å². The Morgan fingerprint density at radius 2 is 2.21 bits per heavy atom. The summed E-state index contributed by atoms with van der Waals surface area (Å²) in [7, 11) is 1.95. The Labute approximate surface area is 87.5 Å². The van der Waals surface area contributed by atoms with Crippen molar-refractivity contribution in [2.75, 3.05) is 0 Å². The predicted octanol–water partition coefficient (Wildman–Crippen LogP) is 3.10. The minimum atomic E-state index is 0.676. The van der Waals surface area contributed by atoms with Crippen LogP contribution in [0.3, 0.4) is 0 Å². The fraction of sp³-hybridized carbons (Fsp3) is 0.364. The van der Waals surface area contributed by atoms with E-state index in [0.29, 0.717) is 5.92 Å². The lowest BCUT2D eigenvalue weighted by atomic mass is 10.1. The molecule has 0 amide bonds. The smallest absolute Gasteiger partial charge is 0.0927 e. The van der Waals surface area contributed by atoms with Crippen molar-refractivity contribution in [3.63, 3.8) is 0 Å². The van der Waals surface area contributed by atoms with E-state index in [1.165, 1.54) is 23.8 Å². The highest BCUT2D eigenvalue weighted by Crippen LogP contribution is 2.46. The van der Waals surface area contributed by atoms with E-state index in [1.54, 1.807) is 0 Å². The zero-order chi connectivity index (χ0) is 9.71. The first-order valence-electron chi connectivity index (χ1n) is 4.87. The van der Waals surface area contributed by atoms with Crippen molar-refractivity contribution < 1.29 is 0 Å². The molecular formula is C11H11ClN2. The van der Waals surface area contributed by atoms with Crippen LogP contribution in [0.2, 0.25) is 5.02 Å². The van der Waals surface area contributed by atoms with E-state index >= 15 is 0 Å². The van der Waals surface area contributed by atoms with E-state index < -0.39 is 0 Å². The number of aromatic nitrogens is 2. The van der Waals surface area contributed by atoms with Crippen LogP contribution in [0.5, 0.6) is 0 Å². The van der Waals surface area contributed by atoms with Gasteiger partial charge in [0.1, 0.15) is 0 Å². The van der Waals surface area contributed by atoms with Crippen LogP contribution >= 0.6 is 11.6 Å². The van der Waals surface area contributed by atoms with Gasteiger partial charge in [-0.1, -0.05) is 11.6 Å². The van der Waals surface area contributed by atoms with E-state index in [9.17, 15) is 0 Å². The molecule has 0 bridgehead atoms. The summed E-state index contributed by atoms with van der Waals surface area (Å²) in [6.07, 6.45) is 4.61. The first-order chi connectivity index (χ1) is 6.75. The third-order valence-electron chi connectivity index (χ3n) is 2.78. The lowest BCUT2D eigenvalue weighted by Gasteiger charge is -2.02. The van der Waals surface area contributed by atoms with Gasteiger partial charge in [0.05, 0.1) is 5.52 Å². The zero-order valence-corrected chi connectivity index (χ0v) is 8.75. The second-order valence-corrected chi connectivity index (χ2v) is 4.38. The highest BCUT2D eigenvalue weighted by Gasteiger charge is 2.28. The van der Waals surface area contributed by atoms with Gasteiger partial charge in [0.2, 0.25) is 0 Å². The molecule has 0 spiro atoms. The highest BCUT2D eigenvalue weighted by atomic mass is 35.5. The molecule has 1 aliphatic carbocycles. The molecule has 14 heavy (non-hydrogen) atoms. The van der Waals surface area contributed by atoms with Crippen LogP contribution in [0.1, 0.15) is 24.3 Å². The molecule has 0 radical (unpaired) electrons. The average molecular weight is 207 g/mol. The van der Waals surface area contributed by atoms with Gasteiger partial charge in [-0.15, -0.1) is 0 Å². The summed E-state index contributed by atoms with van der Waals surface area (Å²) in [5, 5.41) is 6.50. The van der Waals surface area contributed by atoms with Gasteiger partial charge in [0.15, 0.2) is 0 Å². The van der Waals surface area contributed by atoms with Crippen molar-refractivity contribution in [2.24, 2.45) is 7.05 Å². The molecule has 3 heteroatoms. The lowest BCUT2D eigenvalue weighted by molar-refractivity contribution is 0.779. The summed E-state index contributed by atoms with van der Waals surface area (Å²) >= 11 is 6.21. The molecule has 1 aromatic heterocycles. The van der Waals surface area contributed by atoms with Gasteiger partial charge in [-0.25, -0.2) is 0 Å². The van der Waals surface area contributed by atoms with Gasteiger partial charge >= 0.3 is 0 Å². The fourth-order valence-electron chi connectivity index (χ4n) is 1.99. The quantitative estimate of drug-likeness (QED) is 0.701. The molecule has 2 nitrogen and oxygen atoms in total. The summed E-state index contributed by atoms with van der Waals surface area (Å²) in [6.45, 7) is 0. The third kappa shape index (κ3) is 1.14. The number of hydrogen-bond donors (Lipinski definition) is 0. The lowest BCUT2D eigenvalue weighted by Crippen LogP contribution is -1.84. The molecular weight excluding hydrogens is 196 g/mol. The predicted molar refractivity (Wildman–Crippen MR) is 57.7 cm³/mol. The Morgan fingerprint density at radius 1 is 1.43 bits per heavy atom. The van der Waals surface area contributed by atoms with Crippen molar-refractivity contribution in [2.45, 2.75) is 18.8 Å². The molecule has 1 heterocycles. The second-order valence-electron chi connectivity index (χ2n) is 3.97. The molecule has 2 aromatic rings. The second kappa shape index (κ2) is 2.74. The number of aryl methyl sites for hydroxylation is 1. The number of benzene rings is 1. The van der Waals surface area contributed by atoms with E-state index in [4.69, 9.17) is 11.6 Å². The third-order valence-corrected chi connectivity index (χ3v) is 3.11. The summed E-state index contributed by atoms with van der Waals surface area (Å²) in [6, 6.07) is 3.95. The van der Waals surface area contributed by atoms with Crippen molar-refractivity contribution in [3.8, 4) is 0 Å². The Morgan fingerprint density at radius 3 is 2.93 bits per heavy atom. The van der Waals surface area contributed by atoms with Crippen molar-refractivity contribution >= 4 is 22.5 Å². The normalized spacial score (nSPS) is 16.4. The average Bonchev–Trinajstić information content (AvgIpc) is 2.88. The molecule has 0 unspecified atom stereocenters. The van der Waals surface area contributed by atoms with E-state index in [-0.39, 0.29) is 0 Å². The maximum absolute atomic E-state index is 6.21. The number of nitrogens with zero attached hydrogens (tertiary/aromatic N) is 2. The summed E-state index contributed by atoms with van der Waals surface area (Å²) in [4.78, 5) is 0. The first kappa shape index (κ1) is 8.30. The molecule has 0 aliphatic heterocycles. The number of fused-ring (bicyclic) bond motifs is 1. The van der Waals surface area contributed by atoms with Crippen molar-refractivity contribution in [1.29, 1.82) is 0 Å². The van der Waals surface area contributed by atoms with Gasteiger partial charge in [0.25, 0.3) is 0 Å². The van der Waals surface area contributed by atoms with E-state index in [2.05, 4.69) is 11.3 Å². The van der Waals surface area contributed by atoms with Crippen LogP contribution in [-0.4, -0.2) is 9.78 Å². The van der Waals surface area contributed by atoms with Crippen molar-refractivity contribution in [1.82, 2.24) is 9.78 Å². The van der Waals surface area contributed by atoms with Gasteiger partial charge in [-0.3, -0.25) is 4.68 Å². The summed E-state index contributed by atoms with van der Waals surface area (Å²) in [5.41, 5.74) is 2.36. The molecule has 72 valence electrons. The zero-order valence-electron chi connectivity index (χ0n) is 8.00. The van der Waals surface area contributed by atoms with Crippen LogP contribution in [0.15, 0.2) is 18.3 Å². The number of hydrogen-bond acceptors (Lipinski definition) is 1. The number of rotatable bonds is 1. The minimum absolute atomic E-state index is 0.676. The van der Waals surface area contributed by atoms with Crippen LogP contribution in [-0.2, 0) is 7.05 Å². The van der Waals surface area contributed by atoms with Gasteiger partial charge in [0, 0.05) is 23.7 Å². The van der Waals surface area contributed by atoms with Gasteiger partial charge in [-0.05, 0) is 36.5 Å². The minimum Gasteiger partial charge on any atom is -0.275 e. The topological polar surface area (TPSA) is 17.8 Å². The molecule has 1 fully saturated rings. The van der Waals surface area contributed by atoms with Gasteiger partial charge in [-0.2, -0.15) is 5.10 Å². The highest BCUT2D eigenvalue weighted by molar-refractivity contribution is 6.32. The Balaban J connectivity index is 2.35. The first-order valence-corrected chi connectivity index (χ1v) is 5.25.